The van der Waals surface area contributed by atoms with E-state index in [9.17, 15) is 0 Å². The smallest absolute Gasteiger partial charge is 0.121 e. The minimum absolute atomic E-state index is 0.260. The Balaban J connectivity index is 2.19. The highest BCUT2D eigenvalue weighted by Gasteiger charge is 2.24. The molecular formula is C15H24N2O2. The third-order valence-corrected chi connectivity index (χ3v) is 3.74. The molecule has 0 saturated carbocycles. The molecule has 0 aliphatic carbocycles. The fourth-order valence-electron chi connectivity index (χ4n) is 2.73. The molecule has 2 atom stereocenters. The Morgan fingerprint density at radius 3 is 2.89 bits per heavy atom. The van der Waals surface area contributed by atoms with Crippen LogP contribution < -0.4 is 10.5 Å². The predicted octanol–water partition coefficient (Wildman–Crippen LogP) is 1.72. The van der Waals surface area contributed by atoms with Crippen molar-refractivity contribution in [3.63, 3.8) is 0 Å². The summed E-state index contributed by atoms with van der Waals surface area (Å²) < 4.78 is 10.9. The average molecular weight is 264 g/mol. The van der Waals surface area contributed by atoms with Crippen LogP contribution in [0.5, 0.6) is 5.75 Å². The van der Waals surface area contributed by atoms with Gasteiger partial charge in [0.15, 0.2) is 0 Å². The fourth-order valence-corrected chi connectivity index (χ4v) is 2.73. The Kier molecular flexibility index (Phi) is 4.80. The molecule has 1 aliphatic rings. The molecule has 1 saturated heterocycles. The standard InChI is InChI=1S/C15H24N2O2/c1-11-8-13(4-5-15(11)18-3)14(9-16)17-6-7-19-12(2)10-17/h4-5,8,12,14H,6-7,9-10,16H2,1-3H3. The van der Waals surface area contributed by atoms with Gasteiger partial charge in [0.2, 0.25) is 0 Å². The van der Waals surface area contributed by atoms with Gasteiger partial charge in [-0.05, 0) is 31.0 Å². The molecule has 1 heterocycles. The highest BCUT2D eigenvalue weighted by Crippen LogP contribution is 2.26. The van der Waals surface area contributed by atoms with Gasteiger partial charge in [0.05, 0.1) is 19.8 Å². The first kappa shape index (κ1) is 14.3. The van der Waals surface area contributed by atoms with Crippen molar-refractivity contribution < 1.29 is 9.47 Å². The first-order valence-electron chi connectivity index (χ1n) is 6.86. The molecule has 0 bridgehead atoms. The second-order valence-electron chi connectivity index (χ2n) is 5.16. The quantitative estimate of drug-likeness (QED) is 0.899. The van der Waals surface area contributed by atoms with Crippen molar-refractivity contribution in [1.29, 1.82) is 0 Å². The number of nitrogens with two attached hydrogens (primary N) is 1. The van der Waals surface area contributed by atoms with Gasteiger partial charge < -0.3 is 15.2 Å². The van der Waals surface area contributed by atoms with E-state index in [0.717, 1.165) is 31.0 Å². The zero-order valence-corrected chi connectivity index (χ0v) is 12.1. The lowest BCUT2D eigenvalue weighted by Gasteiger charge is -2.37. The molecular weight excluding hydrogens is 240 g/mol. The molecule has 1 aromatic rings. The minimum atomic E-state index is 0.260. The van der Waals surface area contributed by atoms with Crippen LogP contribution in [0.2, 0.25) is 0 Å². The maximum absolute atomic E-state index is 5.99. The van der Waals surface area contributed by atoms with E-state index in [4.69, 9.17) is 15.2 Å². The summed E-state index contributed by atoms with van der Waals surface area (Å²) in [4.78, 5) is 2.41. The molecule has 0 aromatic heterocycles. The molecule has 4 heteroatoms. The predicted molar refractivity (Wildman–Crippen MR) is 76.5 cm³/mol. The maximum atomic E-state index is 5.99. The SMILES string of the molecule is COc1ccc(C(CN)N2CCOC(C)C2)cc1C. The zero-order chi connectivity index (χ0) is 13.8. The van der Waals surface area contributed by atoms with Crippen LogP contribution >= 0.6 is 0 Å². The second kappa shape index (κ2) is 6.37. The summed E-state index contributed by atoms with van der Waals surface area (Å²) in [5.74, 6) is 0.926. The van der Waals surface area contributed by atoms with Gasteiger partial charge in [0.1, 0.15) is 5.75 Å². The number of methoxy groups -OCH3 is 1. The van der Waals surface area contributed by atoms with Crippen molar-refractivity contribution in [2.75, 3.05) is 33.4 Å². The van der Waals surface area contributed by atoms with Crippen molar-refractivity contribution in [2.24, 2.45) is 5.73 Å². The van der Waals surface area contributed by atoms with Crippen molar-refractivity contribution in [3.05, 3.63) is 29.3 Å². The Morgan fingerprint density at radius 2 is 2.32 bits per heavy atom. The van der Waals surface area contributed by atoms with Gasteiger partial charge in [-0.2, -0.15) is 0 Å². The summed E-state index contributed by atoms with van der Waals surface area (Å²) in [6.07, 6.45) is 0.280. The number of aryl methyl sites for hydroxylation is 1. The first-order valence-corrected chi connectivity index (χ1v) is 6.86. The minimum Gasteiger partial charge on any atom is -0.496 e. The van der Waals surface area contributed by atoms with Gasteiger partial charge in [-0.25, -0.2) is 0 Å². The molecule has 0 amide bonds. The van der Waals surface area contributed by atoms with Gasteiger partial charge in [0, 0.05) is 25.7 Å². The molecule has 106 valence electrons. The summed E-state index contributed by atoms with van der Waals surface area (Å²) in [6, 6.07) is 6.58. The number of hydrogen-bond acceptors (Lipinski definition) is 4. The van der Waals surface area contributed by atoms with E-state index < -0.39 is 0 Å². The van der Waals surface area contributed by atoms with Crippen LogP contribution in [-0.2, 0) is 4.74 Å². The number of rotatable bonds is 4. The van der Waals surface area contributed by atoms with Gasteiger partial charge in [-0.1, -0.05) is 12.1 Å². The average Bonchev–Trinajstić information content (AvgIpc) is 2.40. The van der Waals surface area contributed by atoms with Crippen LogP contribution in [0.1, 0.15) is 24.1 Å². The molecule has 1 fully saturated rings. The van der Waals surface area contributed by atoms with E-state index in [1.54, 1.807) is 7.11 Å². The summed E-state index contributed by atoms with van der Waals surface area (Å²) in [6.45, 7) is 7.46. The largest absolute Gasteiger partial charge is 0.496 e. The Bertz CT molecular complexity index is 423. The monoisotopic (exact) mass is 264 g/mol. The lowest BCUT2D eigenvalue weighted by molar-refractivity contribution is -0.0333. The number of ether oxygens (including phenoxy) is 2. The molecule has 1 aliphatic heterocycles. The summed E-state index contributed by atoms with van der Waals surface area (Å²) in [5, 5.41) is 0. The molecule has 4 nitrogen and oxygen atoms in total. The fraction of sp³-hybridized carbons (Fsp3) is 0.600. The van der Waals surface area contributed by atoms with E-state index in [-0.39, 0.29) is 12.1 Å². The second-order valence-corrected chi connectivity index (χ2v) is 5.16. The lowest BCUT2D eigenvalue weighted by atomic mass is 10.0. The first-order chi connectivity index (χ1) is 9.15. The van der Waals surface area contributed by atoms with Crippen molar-refractivity contribution in [3.8, 4) is 5.75 Å². The number of hydrogen-bond donors (Lipinski definition) is 1. The van der Waals surface area contributed by atoms with E-state index in [1.807, 2.05) is 6.07 Å². The third kappa shape index (κ3) is 3.26. The molecule has 2 unspecified atom stereocenters. The van der Waals surface area contributed by atoms with E-state index in [2.05, 4.69) is 30.9 Å². The van der Waals surface area contributed by atoms with Crippen molar-refractivity contribution in [1.82, 2.24) is 4.90 Å². The van der Waals surface area contributed by atoms with Crippen LogP contribution in [0.3, 0.4) is 0 Å². The van der Waals surface area contributed by atoms with Crippen molar-refractivity contribution >= 4 is 0 Å². The Labute approximate surface area is 115 Å². The summed E-state index contributed by atoms with van der Waals surface area (Å²) in [5.41, 5.74) is 8.40. The van der Waals surface area contributed by atoms with Gasteiger partial charge in [0.25, 0.3) is 0 Å². The Hall–Kier alpha value is -1.10. The number of morpholine rings is 1. The summed E-state index contributed by atoms with van der Waals surface area (Å²) in [7, 11) is 1.70. The van der Waals surface area contributed by atoms with E-state index >= 15 is 0 Å². The highest BCUT2D eigenvalue weighted by atomic mass is 16.5. The van der Waals surface area contributed by atoms with Crippen LogP contribution in [0, 0.1) is 6.92 Å². The molecule has 0 radical (unpaired) electrons. The van der Waals surface area contributed by atoms with Crippen LogP contribution in [-0.4, -0.2) is 44.4 Å². The molecule has 0 spiro atoms. The van der Waals surface area contributed by atoms with E-state index in [0.29, 0.717) is 6.54 Å². The van der Waals surface area contributed by atoms with Gasteiger partial charge >= 0.3 is 0 Å². The van der Waals surface area contributed by atoms with Crippen LogP contribution in [0.4, 0.5) is 0 Å². The molecule has 1 aromatic carbocycles. The molecule has 2 N–H and O–H groups in total. The Morgan fingerprint density at radius 1 is 1.53 bits per heavy atom. The van der Waals surface area contributed by atoms with Crippen LogP contribution in [0.25, 0.3) is 0 Å². The van der Waals surface area contributed by atoms with Gasteiger partial charge in [-0.15, -0.1) is 0 Å². The van der Waals surface area contributed by atoms with Gasteiger partial charge in [-0.3, -0.25) is 4.90 Å². The number of nitrogens with zero attached hydrogens (tertiary/aromatic N) is 1. The topological polar surface area (TPSA) is 47.7 Å². The summed E-state index contributed by atoms with van der Waals surface area (Å²) >= 11 is 0. The van der Waals surface area contributed by atoms with Crippen LogP contribution in [0.15, 0.2) is 18.2 Å². The maximum Gasteiger partial charge on any atom is 0.121 e. The zero-order valence-electron chi connectivity index (χ0n) is 12.1. The van der Waals surface area contributed by atoms with Crippen molar-refractivity contribution in [2.45, 2.75) is 26.0 Å². The van der Waals surface area contributed by atoms with E-state index in [1.165, 1.54) is 5.56 Å². The lowest BCUT2D eigenvalue weighted by Crippen LogP contribution is -2.45. The molecule has 19 heavy (non-hydrogen) atoms. The molecule has 2 rings (SSSR count). The third-order valence-electron chi connectivity index (χ3n) is 3.74. The highest BCUT2D eigenvalue weighted by molar-refractivity contribution is 5.37. The normalized spacial score (nSPS) is 22.2. The number of benzene rings is 1.